The van der Waals surface area contributed by atoms with E-state index in [2.05, 4.69) is 20.9 Å². The molecule has 22 heavy (non-hydrogen) atoms. The van der Waals surface area contributed by atoms with E-state index >= 15 is 0 Å². The van der Waals surface area contributed by atoms with Crippen LogP contribution in [0.15, 0.2) is 18.2 Å². The van der Waals surface area contributed by atoms with Gasteiger partial charge in [0.15, 0.2) is 5.13 Å². The fraction of sp³-hybridized carbons (Fsp3) is 0.286. The summed E-state index contributed by atoms with van der Waals surface area (Å²) in [5.74, 6) is -0.759. The Labute approximate surface area is 131 Å². The molecule has 7 nitrogen and oxygen atoms in total. The van der Waals surface area contributed by atoms with Crippen LogP contribution in [0, 0.1) is 0 Å². The van der Waals surface area contributed by atoms with Crippen molar-refractivity contribution in [2.45, 2.75) is 26.8 Å². The lowest BCUT2D eigenvalue weighted by atomic mass is 10.3. The van der Waals surface area contributed by atoms with Crippen LogP contribution in [0.3, 0.4) is 0 Å². The predicted octanol–water partition coefficient (Wildman–Crippen LogP) is 1.72. The highest BCUT2D eigenvalue weighted by Gasteiger charge is 2.15. The number of carbonyl (C=O) groups is 3. The summed E-state index contributed by atoms with van der Waals surface area (Å²) >= 11 is 1.30. The summed E-state index contributed by atoms with van der Waals surface area (Å²) in [6, 6.07) is 4.67. The highest BCUT2D eigenvalue weighted by Crippen LogP contribution is 2.28. The van der Waals surface area contributed by atoms with Crippen LogP contribution in [-0.4, -0.2) is 28.7 Å². The van der Waals surface area contributed by atoms with Crippen LogP contribution in [-0.2, 0) is 14.4 Å². The van der Waals surface area contributed by atoms with E-state index in [-0.39, 0.29) is 17.7 Å². The van der Waals surface area contributed by atoms with Crippen molar-refractivity contribution < 1.29 is 14.4 Å². The Balaban J connectivity index is 2.14. The average molecular weight is 320 g/mol. The zero-order valence-corrected chi connectivity index (χ0v) is 13.2. The lowest BCUT2D eigenvalue weighted by molar-refractivity contribution is -0.124. The Morgan fingerprint density at radius 3 is 2.50 bits per heavy atom. The Morgan fingerprint density at radius 1 is 1.14 bits per heavy atom. The third-order valence-electron chi connectivity index (χ3n) is 2.75. The van der Waals surface area contributed by atoms with Crippen molar-refractivity contribution in [3.8, 4) is 0 Å². The van der Waals surface area contributed by atoms with Gasteiger partial charge in [-0.3, -0.25) is 14.4 Å². The average Bonchev–Trinajstić information content (AvgIpc) is 2.78. The van der Waals surface area contributed by atoms with Gasteiger partial charge in [0.25, 0.3) is 0 Å². The third-order valence-corrected chi connectivity index (χ3v) is 3.69. The summed E-state index contributed by atoms with van der Waals surface area (Å²) in [6.45, 7) is 4.38. The van der Waals surface area contributed by atoms with Gasteiger partial charge in [0.05, 0.1) is 10.2 Å². The lowest BCUT2D eigenvalue weighted by Gasteiger charge is -2.10. The maximum Gasteiger partial charge on any atom is 0.248 e. The van der Waals surface area contributed by atoms with Gasteiger partial charge in [-0.1, -0.05) is 11.3 Å². The Morgan fingerprint density at radius 2 is 1.86 bits per heavy atom. The number of aromatic nitrogens is 1. The molecule has 0 unspecified atom stereocenters. The summed E-state index contributed by atoms with van der Waals surface area (Å²) in [5.41, 5.74) is 1.40. The topological polar surface area (TPSA) is 100 Å². The third kappa shape index (κ3) is 4.01. The molecule has 3 amide bonds. The normalized spacial score (nSPS) is 11.8. The van der Waals surface area contributed by atoms with E-state index in [1.165, 1.54) is 25.2 Å². The van der Waals surface area contributed by atoms with Crippen molar-refractivity contribution in [2.24, 2.45) is 0 Å². The van der Waals surface area contributed by atoms with Crippen molar-refractivity contribution in [1.29, 1.82) is 0 Å². The Hall–Kier alpha value is -2.48. The maximum atomic E-state index is 11.9. The highest BCUT2D eigenvalue weighted by atomic mass is 32.1. The number of nitrogens with zero attached hydrogens (tertiary/aromatic N) is 1. The fourth-order valence-electron chi connectivity index (χ4n) is 1.84. The summed E-state index contributed by atoms with van der Waals surface area (Å²) in [4.78, 5) is 38.2. The molecule has 1 heterocycles. The van der Waals surface area contributed by atoms with Gasteiger partial charge >= 0.3 is 0 Å². The number of benzene rings is 1. The number of amides is 3. The quantitative estimate of drug-likeness (QED) is 0.798. The molecule has 2 aromatic rings. The summed E-state index contributed by atoms with van der Waals surface area (Å²) in [5, 5.41) is 8.30. The standard InChI is InChI=1S/C14H16N4O3S/c1-7(15-8(2)19)13(21)18-14-17-11-5-4-10(16-9(3)20)6-12(11)22-14/h4-7H,1-3H3,(H,15,19)(H,16,20)(H,17,18,21)/t7-/m0/s1. The van der Waals surface area contributed by atoms with Crippen molar-refractivity contribution in [2.75, 3.05) is 10.6 Å². The SMILES string of the molecule is CC(=O)Nc1ccc2nc(NC(=O)[C@H](C)NC(C)=O)sc2c1. The number of carbonyl (C=O) groups excluding carboxylic acids is 3. The molecular formula is C14H16N4O3S. The molecule has 0 saturated carbocycles. The molecule has 8 heteroatoms. The van der Waals surface area contributed by atoms with Crippen LogP contribution in [0.1, 0.15) is 20.8 Å². The van der Waals surface area contributed by atoms with Crippen molar-refractivity contribution in [3.05, 3.63) is 18.2 Å². The monoisotopic (exact) mass is 320 g/mol. The van der Waals surface area contributed by atoms with Crippen LogP contribution in [0.25, 0.3) is 10.2 Å². The van der Waals surface area contributed by atoms with Crippen LogP contribution >= 0.6 is 11.3 Å². The molecule has 2 rings (SSSR count). The minimum absolute atomic E-state index is 0.151. The molecule has 0 radical (unpaired) electrons. The molecule has 116 valence electrons. The van der Waals surface area contributed by atoms with Crippen LogP contribution in [0.2, 0.25) is 0 Å². The molecule has 1 aromatic heterocycles. The first kappa shape index (κ1) is 15.9. The first-order chi connectivity index (χ1) is 10.3. The molecule has 0 spiro atoms. The van der Waals surface area contributed by atoms with Crippen molar-refractivity contribution in [1.82, 2.24) is 10.3 Å². The van der Waals surface area contributed by atoms with E-state index < -0.39 is 6.04 Å². The lowest BCUT2D eigenvalue weighted by Crippen LogP contribution is -2.40. The van der Waals surface area contributed by atoms with E-state index in [0.717, 1.165) is 10.2 Å². The summed E-state index contributed by atoms with van der Waals surface area (Å²) in [6.07, 6.45) is 0. The number of hydrogen-bond donors (Lipinski definition) is 3. The highest BCUT2D eigenvalue weighted by molar-refractivity contribution is 7.22. The predicted molar refractivity (Wildman–Crippen MR) is 85.8 cm³/mol. The Bertz CT molecular complexity index is 741. The van der Waals surface area contributed by atoms with Crippen molar-refractivity contribution in [3.63, 3.8) is 0 Å². The zero-order chi connectivity index (χ0) is 16.3. The second-order valence-corrected chi connectivity index (χ2v) is 5.82. The van der Waals surface area contributed by atoms with Gasteiger partial charge in [0.1, 0.15) is 6.04 Å². The minimum atomic E-state index is -0.639. The van der Waals surface area contributed by atoms with Crippen LogP contribution in [0.5, 0.6) is 0 Å². The van der Waals surface area contributed by atoms with E-state index in [1.807, 2.05) is 0 Å². The molecule has 0 aliphatic carbocycles. The van der Waals surface area contributed by atoms with E-state index in [4.69, 9.17) is 0 Å². The number of nitrogens with one attached hydrogen (secondary N) is 3. The van der Waals surface area contributed by atoms with Gasteiger partial charge in [-0.2, -0.15) is 0 Å². The number of anilines is 2. The van der Waals surface area contributed by atoms with Gasteiger partial charge in [-0.05, 0) is 25.1 Å². The zero-order valence-electron chi connectivity index (χ0n) is 12.4. The van der Waals surface area contributed by atoms with Gasteiger partial charge in [0, 0.05) is 19.5 Å². The van der Waals surface area contributed by atoms with E-state index in [0.29, 0.717) is 10.8 Å². The van der Waals surface area contributed by atoms with Gasteiger partial charge < -0.3 is 16.0 Å². The number of fused-ring (bicyclic) bond motifs is 1. The first-order valence-electron chi connectivity index (χ1n) is 6.61. The minimum Gasteiger partial charge on any atom is -0.345 e. The summed E-state index contributed by atoms with van der Waals surface area (Å²) < 4.78 is 0.841. The van der Waals surface area contributed by atoms with Crippen LogP contribution in [0.4, 0.5) is 10.8 Å². The smallest absolute Gasteiger partial charge is 0.248 e. The van der Waals surface area contributed by atoms with E-state index in [9.17, 15) is 14.4 Å². The molecule has 0 aliphatic heterocycles. The second-order valence-electron chi connectivity index (χ2n) is 4.79. The Kier molecular flexibility index (Phi) is 4.71. The van der Waals surface area contributed by atoms with Gasteiger partial charge in [-0.25, -0.2) is 4.98 Å². The fourth-order valence-corrected chi connectivity index (χ4v) is 2.75. The maximum absolute atomic E-state index is 11.9. The number of rotatable bonds is 4. The second kappa shape index (κ2) is 6.52. The number of thiazole rings is 1. The number of hydrogen-bond acceptors (Lipinski definition) is 5. The van der Waals surface area contributed by atoms with Crippen molar-refractivity contribution >= 4 is 50.1 Å². The van der Waals surface area contributed by atoms with Gasteiger partial charge in [-0.15, -0.1) is 0 Å². The largest absolute Gasteiger partial charge is 0.345 e. The molecule has 1 aromatic carbocycles. The first-order valence-corrected chi connectivity index (χ1v) is 7.43. The molecule has 1 atom stereocenters. The molecule has 0 fully saturated rings. The van der Waals surface area contributed by atoms with Crippen LogP contribution < -0.4 is 16.0 Å². The molecule has 0 saturated heterocycles. The van der Waals surface area contributed by atoms with E-state index in [1.54, 1.807) is 25.1 Å². The molecular weight excluding hydrogens is 304 g/mol. The summed E-state index contributed by atoms with van der Waals surface area (Å²) in [7, 11) is 0. The molecule has 0 aliphatic rings. The van der Waals surface area contributed by atoms with Gasteiger partial charge in [0.2, 0.25) is 17.7 Å². The molecule has 0 bridgehead atoms. The molecule has 3 N–H and O–H groups in total.